The SMILES string of the molecule is CC(=CC1c2cccc3[nH]cc(c23)CC1N)CO. The average molecular weight is 242 g/mol. The van der Waals surface area contributed by atoms with Crippen LogP contribution in [0.2, 0.25) is 0 Å². The largest absolute Gasteiger partial charge is 0.392 e. The molecule has 1 aliphatic rings. The van der Waals surface area contributed by atoms with Gasteiger partial charge in [0.1, 0.15) is 0 Å². The lowest BCUT2D eigenvalue weighted by Gasteiger charge is -2.27. The van der Waals surface area contributed by atoms with E-state index in [1.807, 2.05) is 6.92 Å². The number of aromatic nitrogens is 1. The smallest absolute Gasteiger partial charge is 0.0639 e. The van der Waals surface area contributed by atoms with E-state index >= 15 is 0 Å². The Bertz CT molecular complexity index is 612. The van der Waals surface area contributed by atoms with Gasteiger partial charge in [0.2, 0.25) is 0 Å². The number of aromatic amines is 1. The van der Waals surface area contributed by atoms with E-state index in [1.165, 1.54) is 22.0 Å². The van der Waals surface area contributed by atoms with Crippen molar-refractivity contribution in [2.24, 2.45) is 5.73 Å². The van der Waals surface area contributed by atoms with Gasteiger partial charge in [-0.25, -0.2) is 0 Å². The molecule has 3 heteroatoms. The van der Waals surface area contributed by atoms with Crippen LogP contribution in [0.3, 0.4) is 0 Å². The summed E-state index contributed by atoms with van der Waals surface area (Å²) in [5.74, 6) is 0.198. The second kappa shape index (κ2) is 4.26. The van der Waals surface area contributed by atoms with Crippen LogP contribution in [0.5, 0.6) is 0 Å². The van der Waals surface area contributed by atoms with Gasteiger partial charge >= 0.3 is 0 Å². The normalized spacial score (nSPS) is 23.6. The zero-order chi connectivity index (χ0) is 12.7. The first kappa shape index (κ1) is 11.5. The summed E-state index contributed by atoms with van der Waals surface area (Å²) in [6.07, 6.45) is 5.05. The van der Waals surface area contributed by atoms with E-state index in [1.54, 1.807) is 0 Å². The molecule has 2 atom stereocenters. The number of aliphatic hydroxyl groups excluding tert-OH is 1. The van der Waals surface area contributed by atoms with Gasteiger partial charge in [-0.05, 0) is 30.5 Å². The highest BCUT2D eigenvalue weighted by molar-refractivity contribution is 5.88. The molecule has 18 heavy (non-hydrogen) atoms. The molecule has 0 bridgehead atoms. The summed E-state index contributed by atoms with van der Waals surface area (Å²) in [5.41, 5.74) is 11.0. The van der Waals surface area contributed by atoms with Gasteiger partial charge in [-0.15, -0.1) is 0 Å². The Kier molecular flexibility index (Phi) is 2.73. The number of hydrogen-bond donors (Lipinski definition) is 3. The van der Waals surface area contributed by atoms with Crippen molar-refractivity contribution < 1.29 is 5.11 Å². The fraction of sp³-hybridized carbons (Fsp3) is 0.333. The first-order chi connectivity index (χ1) is 8.70. The average Bonchev–Trinajstić information content (AvgIpc) is 2.78. The van der Waals surface area contributed by atoms with Gasteiger partial charge < -0.3 is 15.8 Å². The second-order valence-electron chi connectivity index (χ2n) is 5.15. The molecule has 0 spiro atoms. The Morgan fingerprint density at radius 3 is 3.17 bits per heavy atom. The van der Waals surface area contributed by atoms with Crippen LogP contribution in [-0.2, 0) is 6.42 Å². The van der Waals surface area contributed by atoms with Crippen LogP contribution in [0.1, 0.15) is 24.0 Å². The summed E-state index contributed by atoms with van der Waals surface area (Å²) in [6, 6.07) is 6.38. The van der Waals surface area contributed by atoms with Gasteiger partial charge in [-0.3, -0.25) is 0 Å². The van der Waals surface area contributed by atoms with Gasteiger partial charge in [-0.2, -0.15) is 0 Å². The third-order valence-corrected chi connectivity index (χ3v) is 3.81. The molecule has 94 valence electrons. The maximum atomic E-state index is 9.19. The summed E-state index contributed by atoms with van der Waals surface area (Å²) < 4.78 is 0. The summed E-state index contributed by atoms with van der Waals surface area (Å²) in [4.78, 5) is 3.30. The second-order valence-corrected chi connectivity index (χ2v) is 5.15. The third kappa shape index (κ3) is 1.67. The highest BCUT2D eigenvalue weighted by atomic mass is 16.3. The predicted octanol–water partition coefficient (Wildman–Crippen LogP) is 2.07. The summed E-state index contributed by atoms with van der Waals surface area (Å²) >= 11 is 0. The summed E-state index contributed by atoms with van der Waals surface area (Å²) in [7, 11) is 0. The quantitative estimate of drug-likeness (QED) is 0.706. The van der Waals surface area contributed by atoms with Gasteiger partial charge in [0.25, 0.3) is 0 Å². The van der Waals surface area contributed by atoms with Crippen LogP contribution in [0.15, 0.2) is 36.0 Å². The van der Waals surface area contributed by atoms with E-state index < -0.39 is 0 Å². The van der Waals surface area contributed by atoms with Gasteiger partial charge in [-0.1, -0.05) is 23.8 Å². The first-order valence-electron chi connectivity index (χ1n) is 6.33. The predicted molar refractivity (Wildman–Crippen MR) is 73.6 cm³/mol. The molecule has 2 unspecified atom stereocenters. The number of nitrogens with two attached hydrogens (primary N) is 1. The molecule has 3 rings (SSSR count). The topological polar surface area (TPSA) is 62.0 Å². The molecule has 1 aromatic carbocycles. The molecule has 0 saturated carbocycles. The molecule has 0 radical (unpaired) electrons. The van der Waals surface area contributed by atoms with Crippen molar-refractivity contribution in [3.8, 4) is 0 Å². The van der Waals surface area contributed by atoms with Crippen molar-refractivity contribution in [2.75, 3.05) is 6.61 Å². The maximum absolute atomic E-state index is 9.19. The lowest BCUT2D eigenvalue weighted by molar-refractivity contribution is 0.330. The molecule has 0 aliphatic heterocycles. The minimum absolute atomic E-state index is 0.0837. The van der Waals surface area contributed by atoms with E-state index in [0.717, 1.165) is 12.0 Å². The maximum Gasteiger partial charge on any atom is 0.0639 e. The van der Waals surface area contributed by atoms with Crippen molar-refractivity contribution in [1.29, 1.82) is 0 Å². The van der Waals surface area contributed by atoms with Gasteiger partial charge in [0.05, 0.1) is 6.61 Å². The Balaban J connectivity index is 2.18. The molecular weight excluding hydrogens is 224 g/mol. The summed E-state index contributed by atoms with van der Waals surface area (Å²) in [5, 5.41) is 10.5. The molecule has 1 aliphatic carbocycles. The zero-order valence-corrected chi connectivity index (χ0v) is 10.5. The van der Waals surface area contributed by atoms with Crippen LogP contribution in [0.4, 0.5) is 0 Å². The molecule has 0 saturated heterocycles. The van der Waals surface area contributed by atoms with Crippen LogP contribution in [0.25, 0.3) is 10.9 Å². The number of nitrogens with one attached hydrogen (secondary N) is 1. The van der Waals surface area contributed by atoms with Crippen molar-refractivity contribution in [3.63, 3.8) is 0 Å². The minimum Gasteiger partial charge on any atom is -0.392 e. The van der Waals surface area contributed by atoms with E-state index in [9.17, 15) is 5.11 Å². The van der Waals surface area contributed by atoms with Crippen LogP contribution >= 0.6 is 0 Å². The molecule has 2 aromatic rings. The highest BCUT2D eigenvalue weighted by Crippen LogP contribution is 2.37. The standard InChI is InChI=1S/C15H18N2O/c1-9(8-18)5-12-11-3-2-4-14-15(11)10(7-17-14)6-13(12)16/h2-5,7,12-13,17-18H,6,8,16H2,1H3. The van der Waals surface area contributed by atoms with Crippen molar-refractivity contribution >= 4 is 10.9 Å². The van der Waals surface area contributed by atoms with E-state index in [0.29, 0.717) is 0 Å². The molecule has 0 amide bonds. The zero-order valence-electron chi connectivity index (χ0n) is 10.5. The number of benzene rings is 1. The lowest BCUT2D eigenvalue weighted by atomic mass is 9.80. The van der Waals surface area contributed by atoms with Crippen molar-refractivity contribution in [1.82, 2.24) is 4.98 Å². The molecule has 3 nitrogen and oxygen atoms in total. The molecule has 1 heterocycles. The number of rotatable bonds is 2. The van der Waals surface area contributed by atoms with Crippen LogP contribution in [0, 0.1) is 0 Å². The highest BCUT2D eigenvalue weighted by Gasteiger charge is 2.27. The van der Waals surface area contributed by atoms with E-state index in [4.69, 9.17) is 5.73 Å². The Hall–Kier alpha value is -1.58. The Morgan fingerprint density at radius 2 is 2.39 bits per heavy atom. The molecule has 1 aromatic heterocycles. The van der Waals surface area contributed by atoms with Crippen molar-refractivity contribution in [3.05, 3.63) is 47.2 Å². The third-order valence-electron chi connectivity index (χ3n) is 3.81. The van der Waals surface area contributed by atoms with Gasteiger partial charge in [0, 0.05) is 29.1 Å². The fourth-order valence-corrected chi connectivity index (χ4v) is 2.91. The van der Waals surface area contributed by atoms with Gasteiger partial charge in [0.15, 0.2) is 0 Å². The monoisotopic (exact) mass is 242 g/mol. The van der Waals surface area contributed by atoms with E-state index in [2.05, 4.69) is 35.5 Å². The van der Waals surface area contributed by atoms with Crippen molar-refractivity contribution in [2.45, 2.75) is 25.3 Å². The minimum atomic E-state index is 0.0837. The summed E-state index contributed by atoms with van der Waals surface area (Å²) in [6.45, 7) is 2.04. The molecule has 4 N–H and O–H groups in total. The number of aliphatic hydroxyl groups is 1. The molecule has 0 fully saturated rings. The lowest BCUT2D eigenvalue weighted by Crippen LogP contribution is -2.32. The Morgan fingerprint density at radius 1 is 1.56 bits per heavy atom. The van der Waals surface area contributed by atoms with E-state index in [-0.39, 0.29) is 18.6 Å². The number of H-pyrrole nitrogens is 1. The first-order valence-corrected chi connectivity index (χ1v) is 6.33. The van der Waals surface area contributed by atoms with Crippen LogP contribution in [-0.4, -0.2) is 22.7 Å². The van der Waals surface area contributed by atoms with Crippen LogP contribution < -0.4 is 5.73 Å². The molecular formula is C15H18N2O. The number of hydrogen-bond acceptors (Lipinski definition) is 2. The Labute approximate surface area is 106 Å². The fourth-order valence-electron chi connectivity index (χ4n) is 2.91.